The van der Waals surface area contributed by atoms with Crippen LogP contribution >= 0.6 is 0 Å². The lowest BCUT2D eigenvalue weighted by Gasteiger charge is -1.88. The molecular weight excluding hydrogens is 168 g/mol. The van der Waals surface area contributed by atoms with E-state index in [2.05, 4.69) is 4.98 Å². The zero-order chi connectivity index (χ0) is 9.26. The third-order valence-electron chi connectivity index (χ3n) is 1.72. The quantitative estimate of drug-likeness (QED) is 0.709. The van der Waals surface area contributed by atoms with Gasteiger partial charge in [0.25, 0.3) is 0 Å². The lowest BCUT2D eigenvalue weighted by molar-refractivity contribution is 0.161. The molecule has 13 heavy (non-hydrogen) atoms. The first kappa shape index (κ1) is 8.07. The maximum Gasteiger partial charge on any atom is 0.221 e. The minimum absolute atomic E-state index is 0.384. The summed E-state index contributed by atoms with van der Waals surface area (Å²) in [5.41, 5.74) is 7.79. The Hall–Kier alpha value is -1.55. The predicted octanol–water partition coefficient (Wildman–Crippen LogP) is 1.56. The molecule has 68 valence electrons. The molecule has 1 aromatic carbocycles. The molecule has 4 heteroatoms. The van der Waals surface area contributed by atoms with Gasteiger partial charge < -0.3 is 14.9 Å². The average Bonchev–Trinajstić information content (AvgIpc) is 2.46. The number of anilines is 1. The van der Waals surface area contributed by atoms with E-state index >= 15 is 0 Å². The molecule has 2 rings (SSSR count). The van der Waals surface area contributed by atoms with Gasteiger partial charge in [0.15, 0.2) is 5.58 Å². The minimum atomic E-state index is 0.384. The van der Waals surface area contributed by atoms with Crippen LogP contribution < -0.4 is 5.73 Å². The molecule has 2 N–H and O–H groups in total. The molecule has 0 saturated carbocycles. The number of nitrogens with zero attached hydrogens (tertiary/aromatic N) is 1. The summed E-state index contributed by atoms with van der Waals surface area (Å²) < 4.78 is 10.3. The number of rotatable bonds is 2. The Kier molecular flexibility index (Phi) is 1.90. The maximum absolute atomic E-state index is 5.59. The molecule has 0 spiro atoms. The van der Waals surface area contributed by atoms with Gasteiger partial charge in [0, 0.05) is 12.8 Å². The van der Waals surface area contributed by atoms with E-state index in [9.17, 15) is 0 Å². The Balaban J connectivity index is 2.49. The smallest absolute Gasteiger partial charge is 0.221 e. The first-order valence-electron chi connectivity index (χ1n) is 3.93. The number of nitrogen functional groups attached to an aromatic ring is 1. The van der Waals surface area contributed by atoms with Crippen molar-refractivity contribution in [2.45, 2.75) is 6.61 Å². The first-order valence-corrected chi connectivity index (χ1v) is 3.93. The number of hydrogen-bond acceptors (Lipinski definition) is 4. The van der Waals surface area contributed by atoms with E-state index in [4.69, 9.17) is 14.9 Å². The van der Waals surface area contributed by atoms with Crippen molar-refractivity contribution in [2.24, 2.45) is 0 Å². The minimum Gasteiger partial charge on any atom is -0.438 e. The molecule has 0 fully saturated rings. The predicted molar refractivity (Wildman–Crippen MR) is 49.1 cm³/mol. The Labute approximate surface area is 75.3 Å². The molecule has 4 nitrogen and oxygen atoms in total. The monoisotopic (exact) mass is 178 g/mol. The molecule has 0 atom stereocenters. The van der Waals surface area contributed by atoms with Crippen LogP contribution in [0.5, 0.6) is 0 Å². The molecule has 0 amide bonds. The van der Waals surface area contributed by atoms with Gasteiger partial charge in [-0.05, 0) is 18.2 Å². The van der Waals surface area contributed by atoms with Crippen LogP contribution in [0.25, 0.3) is 11.1 Å². The molecule has 0 aliphatic heterocycles. The van der Waals surface area contributed by atoms with Gasteiger partial charge in [-0.2, -0.15) is 0 Å². The summed E-state index contributed by atoms with van der Waals surface area (Å²) in [6.45, 7) is 0.384. The van der Waals surface area contributed by atoms with E-state index in [0.29, 0.717) is 18.2 Å². The van der Waals surface area contributed by atoms with E-state index in [-0.39, 0.29) is 0 Å². The highest BCUT2D eigenvalue weighted by Crippen LogP contribution is 2.18. The van der Waals surface area contributed by atoms with Crippen molar-refractivity contribution in [3.05, 3.63) is 24.1 Å². The molecular formula is C9H10N2O2. The van der Waals surface area contributed by atoms with Gasteiger partial charge in [-0.3, -0.25) is 0 Å². The van der Waals surface area contributed by atoms with Crippen molar-refractivity contribution >= 4 is 16.8 Å². The molecule has 0 radical (unpaired) electrons. The van der Waals surface area contributed by atoms with E-state index in [1.807, 2.05) is 0 Å². The van der Waals surface area contributed by atoms with Crippen LogP contribution in [0.3, 0.4) is 0 Å². The SMILES string of the molecule is COCc1nc2cc(N)ccc2o1. The molecule has 0 unspecified atom stereocenters. The van der Waals surface area contributed by atoms with Crippen molar-refractivity contribution in [3.63, 3.8) is 0 Å². The second-order valence-corrected chi connectivity index (χ2v) is 2.77. The van der Waals surface area contributed by atoms with Crippen LogP contribution in [-0.4, -0.2) is 12.1 Å². The molecule has 0 aliphatic rings. The van der Waals surface area contributed by atoms with E-state index in [1.165, 1.54) is 0 Å². The van der Waals surface area contributed by atoms with Crippen LogP contribution in [0.1, 0.15) is 5.89 Å². The number of oxazole rings is 1. The van der Waals surface area contributed by atoms with Crippen LogP contribution in [0, 0.1) is 0 Å². The van der Waals surface area contributed by atoms with Crippen LogP contribution in [0.15, 0.2) is 22.6 Å². The topological polar surface area (TPSA) is 61.3 Å². The normalized spacial score (nSPS) is 10.8. The van der Waals surface area contributed by atoms with Gasteiger partial charge >= 0.3 is 0 Å². The number of ether oxygens (including phenoxy) is 1. The first-order chi connectivity index (χ1) is 6.29. The van der Waals surface area contributed by atoms with Crippen molar-refractivity contribution < 1.29 is 9.15 Å². The Morgan fingerprint density at radius 1 is 1.54 bits per heavy atom. The Morgan fingerprint density at radius 3 is 3.15 bits per heavy atom. The lowest BCUT2D eigenvalue weighted by atomic mass is 10.3. The van der Waals surface area contributed by atoms with Crippen molar-refractivity contribution in [1.82, 2.24) is 4.98 Å². The zero-order valence-corrected chi connectivity index (χ0v) is 7.28. The lowest BCUT2D eigenvalue weighted by Crippen LogP contribution is -1.85. The van der Waals surface area contributed by atoms with Crippen LogP contribution in [0.2, 0.25) is 0 Å². The Bertz CT molecular complexity index is 422. The number of aromatic nitrogens is 1. The highest BCUT2D eigenvalue weighted by atomic mass is 16.5. The zero-order valence-electron chi connectivity index (χ0n) is 7.28. The summed E-state index contributed by atoms with van der Waals surface area (Å²) in [7, 11) is 1.60. The van der Waals surface area contributed by atoms with E-state index in [0.717, 1.165) is 11.1 Å². The van der Waals surface area contributed by atoms with Crippen LogP contribution in [0.4, 0.5) is 5.69 Å². The van der Waals surface area contributed by atoms with Gasteiger partial charge in [-0.15, -0.1) is 0 Å². The molecule has 0 aliphatic carbocycles. The van der Waals surface area contributed by atoms with Gasteiger partial charge in [-0.1, -0.05) is 0 Å². The number of hydrogen-bond donors (Lipinski definition) is 1. The van der Waals surface area contributed by atoms with Crippen LogP contribution in [-0.2, 0) is 11.3 Å². The summed E-state index contributed by atoms with van der Waals surface area (Å²) >= 11 is 0. The number of nitrogens with two attached hydrogens (primary N) is 1. The fourth-order valence-corrected chi connectivity index (χ4v) is 1.18. The molecule has 2 aromatic rings. The van der Waals surface area contributed by atoms with Gasteiger partial charge in [0.05, 0.1) is 0 Å². The van der Waals surface area contributed by atoms with Gasteiger partial charge in [0.1, 0.15) is 12.1 Å². The van der Waals surface area contributed by atoms with Crippen molar-refractivity contribution in [2.75, 3.05) is 12.8 Å². The number of benzene rings is 1. The Morgan fingerprint density at radius 2 is 2.38 bits per heavy atom. The van der Waals surface area contributed by atoms with E-state index < -0.39 is 0 Å². The molecule has 0 saturated heterocycles. The summed E-state index contributed by atoms with van der Waals surface area (Å²) in [6.07, 6.45) is 0. The third kappa shape index (κ3) is 1.48. The third-order valence-corrected chi connectivity index (χ3v) is 1.72. The fourth-order valence-electron chi connectivity index (χ4n) is 1.18. The van der Waals surface area contributed by atoms with Gasteiger partial charge in [0.2, 0.25) is 5.89 Å². The molecule has 0 bridgehead atoms. The average molecular weight is 178 g/mol. The number of methoxy groups -OCH3 is 1. The molecule has 1 aromatic heterocycles. The number of fused-ring (bicyclic) bond motifs is 1. The van der Waals surface area contributed by atoms with Crippen molar-refractivity contribution in [1.29, 1.82) is 0 Å². The van der Waals surface area contributed by atoms with Crippen molar-refractivity contribution in [3.8, 4) is 0 Å². The summed E-state index contributed by atoms with van der Waals surface area (Å²) in [6, 6.07) is 5.36. The second-order valence-electron chi connectivity index (χ2n) is 2.77. The fraction of sp³-hybridized carbons (Fsp3) is 0.222. The second kappa shape index (κ2) is 3.06. The maximum atomic E-state index is 5.59. The summed E-state index contributed by atoms with van der Waals surface area (Å²) in [4.78, 5) is 4.19. The summed E-state index contributed by atoms with van der Waals surface area (Å²) in [5.74, 6) is 0.572. The van der Waals surface area contributed by atoms with Gasteiger partial charge in [-0.25, -0.2) is 4.98 Å². The highest BCUT2D eigenvalue weighted by molar-refractivity contribution is 5.76. The standard InChI is InChI=1S/C9H10N2O2/c1-12-5-9-11-7-4-6(10)2-3-8(7)13-9/h2-4H,5,10H2,1H3. The molecule has 1 heterocycles. The van der Waals surface area contributed by atoms with E-state index in [1.54, 1.807) is 25.3 Å². The highest BCUT2D eigenvalue weighted by Gasteiger charge is 2.04. The largest absolute Gasteiger partial charge is 0.438 e. The summed E-state index contributed by atoms with van der Waals surface area (Å²) in [5, 5.41) is 0.